The van der Waals surface area contributed by atoms with Gasteiger partial charge in [0.05, 0.1) is 11.2 Å². The van der Waals surface area contributed by atoms with Crippen molar-refractivity contribution in [2.45, 2.75) is 44.0 Å². The number of nitrogens with zero attached hydrogens (tertiary/aromatic N) is 2. The molecule has 8 heteroatoms. The highest BCUT2D eigenvalue weighted by atomic mass is 32.2. The zero-order chi connectivity index (χ0) is 18.8. The van der Waals surface area contributed by atoms with Gasteiger partial charge in [-0.1, -0.05) is 19.1 Å². The van der Waals surface area contributed by atoms with E-state index < -0.39 is 10.0 Å². The van der Waals surface area contributed by atoms with Crippen LogP contribution in [0.25, 0.3) is 0 Å². The molecule has 1 aromatic heterocycles. The summed E-state index contributed by atoms with van der Waals surface area (Å²) < 4.78 is 28.5. The Balaban J connectivity index is 1.70. The fourth-order valence-corrected chi connectivity index (χ4v) is 3.54. The summed E-state index contributed by atoms with van der Waals surface area (Å²) in [6.07, 6.45) is 7.93. The van der Waals surface area contributed by atoms with Crippen LogP contribution < -0.4 is 10.0 Å². The Morgan fingerprint density at radius 1 is 1.19 bits per heavy atom. The third kappa shape index (κ3) is 6.61. The van der Waals surface area contributed by atoms with Crippen molar-refractivity contribution in [3.63, 3.8) is 0 Å². The minimum Gasteiger partial charge on any atom is -0.356 e. The molecule has 1 amide bonds. The Labute approximate surface area is 154 Å². The number of amides is 1. The molecule has 0 bridgehead atoms. The lowest BCUT2D eigenvalue weighted by Crippen LogP contribution is -2.25. The first kappa shape index (κ1) is 20.1. The third-order valence-corrected chi connectivity index (χ3v) is 5.37. The van der Waals surface area contributed by atoms with E-state index in [0.717, 1.165) is 24.9 Å². The molecule has 2 aromatic rings. The van der Waals surface area contributed by atoms with Gasteiger partial charge in [0.25, 0.3) is 0 Å². The summed E-state index contributed by atoms with van der Waals surface area (Å²) in [6, 6.07) is 6.67. The lowest BCUT2D eigenvalue weighted by atomic mass is 10.1. The molecule has 0 aliphatic rings. The highest BCUT2D eigenvalue weighted by molar-refractivity contribution is 7.89. The second-order valence-electron chi connectivity index (χ2n) is 6.05. The molecule has 2 rings (SSSR count). The molecular weight excluding hydrogens is 352 g/mol. The van der Waals surface area contributed by atoms with Crippen LogP contribution in [0.3, 0.4) is 0 Å². The lowest BCUT2D eigenvalue weighted by Gasteiger charge is -2.08. The van der Waals surface area contributed by atoms with Crippen LogP contribution in [-0.2, 0) is 27.8 Å². The SMILES string of the molecule is CCCNS(=O)(=O)c1ccc(CCC(=O)NCCCn2ccnc2)cc1. The zero-order valence-corrected chi connectivity index (χ0v) is 15.8. The van der Waals surface area contributed by atoms with Crippen LogP contribution in [0.4, 0.5) is 0 Å². The number of benzene rings is 1. The van der Waals surface area contributed by atoms with E-state index in [0.29, 0.717) is 25.9 Å². The molecular formula is C18H26N4O3S. The zero-order valence-electron chi connectivity index (χ0n) is 15.0. The highest BCUT2D eigenvalue weighted by Crippen LogP contribution is 2.12. The normalized spacial score (nSPS) is 11.4. The Bertz CT molecular complexity index is 771. The second kappa shape index (κ2) is 10.1. The van der Waals surface area contributed by atoms with E-state index in [1.54, 1.807) is 36.8 Å². The van der Waals surface area contributed by atoms with Gasteiger partial charge in [-0.25, -0.2) is 18.1 Å². The first-order valence-electron chi connectivity index (χ1n) is 8.82. The average molecular weight is 378 g/mol. The van der Waals surface area contributed by atoms with Crippen LogP contribution in [-0.4, -0.2) is 37.0 Å². The summed E-state index contributed by atoms with van der Waals surface area (Å²) in [5.41, 5.74) is 0.938. The Hall–Kier alpha value is -2.19. The maximum atomic E-state index is 12.0. The molecule has 0 fully saturated rings. The summed E-state index contributed by atoms with van der Waals surface area (Å²) in [6.45, 7) is 3.78. The summed E-state index contributed by atoms with van der Waals surface area (Å²) in [5.74, 6) is -0.00283. The van der Waals surface area contributed by atoms with Crippen LogP contribution in [0.15, 0.2) is 47.9 Å². The van der Waals surface area contributed by atoms with Crippen molar-refractivity contribution < 1.29 is 13.2 Å². The summed E-state index contributed by atoms with van der Waals surface area (Å²) >= 11 is 0. The number of rotatable bonds is 11. The van der Waals surface area contributed by atoms with Gasteiger partial charge in [0, 0.05) is 38.4 Å². The third-order valence-electron chi connectivity index (χ3n) is 3.89. The van der Waals surface area contributed by atoms with Crippen molar-refractivity contribution in [1.82, 2.24) is 19.6 Å². The fraction of sp³-hybridized carbons (Fsp3) is 0.444. The van der Waals surface area contributed by atoms with Crippen molar-refractivity contribution in [3.8, 4) is 0 Å². The molecule has 1 heterocycles. The molecule has 1 aromatic carbocycles. The van der Waals surface area contributed by atoms with E-state index in [2.05, 4.69) is 15.0 Å². The standard InChI is InChI=1S/C18H26N4O3S/c1-2-10-21-26(24,25)17-7-4-16(5-8-17)6-9-18(23)20-11-3-13-22-14-12-19-15-22/h4-5,7-8,12,14-15,21H,2-3,6,9-11,13H2,1H3,(H,20,23). The number of nitrogens with one attached hydrogen (secondary N) is 2. The van der Waals surface area contributed by atoms with E-state index in [-0.39, 0.29) is 10.8 Å². The van der Waals surface area contributed by atoms with E-state index >= 15 is 0 Å². The van der Waals surface area contributed by atoms with Gasteiger partial charge in [0.2, 0.25) is 15.9 Å². The Morgan fingerprint density at radius 3 is 2.62 bits per heavy atom. The van der Waals surface area contributed by atoms with Gasteiger partial charge in [0.1, 0.15) is 0 Å². The maximum Gasteiger partial charge on any atom is 0.240 e. The minimum atomic E-state index is -3.44. The van der Waals surface area contributed by atoms with Gasteiger partial charge >= 0.3 is 0 Å². The van der Waals surface area contributed by atoms with Gasteiger partial charge < -0.3 is 9.88 Å². The molecule has 0 saturated carbocycles. The van der Waals surface area contributed by atoms with Gasteiger partial charge in [-0.2, -0.15) is 0 Å². The number of carbonyl (C=O) groups excluding carboxylic acids is 1. The topological polar surface area (TPSA) is 93.1 Å². The summed E-state index contributed by atoms with van der Waals surface area (Å²) in [5, 5.41) is 2.90. The number of hydrogen-bond donors (Lipinski definition) is 2. The maximum absolute atomic E-state index is 12.0. The highest BCUT2D eigenvalue weighted by Gasteiger charge is 2.12. The van der Waals surface area contributed by atoms with Gasteiger partial charge in [-0.05, 0) is 37.0 Å². The number of carbonyl (C=O) groups is 1. The largest absolute Gasteiger partial charge is 0.356 e. The van der Waals surface area contributed by atoms with E-state index in [9.17, 15) is 13.2 Å². The molecule has 0 atom stereocenters. The molecule has 0 aliphatic heterocycles. The monoisotopic (exact) mass is 378 g/mol. The van der Waals surface area contributed by atoms with Crippen molar-refractivity contribution in [2.24, 2.45) is 0 Å². The van der Waals surface area contributed by atoms with Crippen LogP contribution in [0.5, 0.6) is 0 Å². The van der Waals surface area contributed by atoms with E-state index in [1.807, 2.05) is 17.7 Å². The van der Waals surface area contributed by atoms with E-state index in [1.165, 1.54) is 0 Å². The molecule has 26 heavy (non-hydrogen) atoms. The Morgan fingerprint density at radius 2 is 1.96 bits per heavy atom. The van der Waals surface area contributed by atoms with Gasteiger partial charge in [-0.15, -0.1) is 0 Å². The molecule has 2 N–H and O–H groups in total. The van der Waals surface area contributed by atoms with Gasteiger partial charge in [-0.3, -0.25) is 4.79 Å². The van der Waals surface area contributed by atoms with Crippen LogP contribution in [0, 0.1) is 0 Å². The van der Waals surface area contributed by atoms with E-state index in [4.69, 9.17) is 0 Å². The molecule has 0 radical (unpaired) electrons. The van der Waals surface area contributed by atoms with Crippen LogP contribution in [0.1, 0.15) is 31.7 Å². The minimum absolute atomic E-state index is 0.00283. The van der Waals surface area contributed by atoms with Gasteiger partial charge in [0.15, 0.2) is 0 Å². The van der Waals surface area contributed by atoms with Crippen molar-refractivity contribution in [3.05, 3.63) is 48.5 Å². The predicted octanol–water partition coefficient (Wildman–Crippen LogP) is 1.71. The molecule has 0 aliphatic carbocycles. The van der Waals surface area contributed by atoms with Crippen molar-refractivity contribution in [1.29, 1.82) is 0 Å². The van der Waals surface area contributed by atoms with Crippen LogP contribution >= 0.6 is 0 Å². The smallest absolute Gasteiger partial charge is 0.240 e. The number of sulfonamides is 1. The summed E-state index contributed by atoms with van der Waals surface area (Å²) in [7, 11) is -3.44. The molecule has 0 saturated heterocycles. The number of aryl methyl sites for hydroxylation is 2. The summed E-state index contributed by atoms with van der Waals surface area (Å²) in [4.78, 5) is 16.1. The average Bonchev–Trinajstić information content (AvgIpc) is 3.16. The molecule has 142 valence electrons. The number of aromatic nitrogens is 2. The molecule has 0 unspecified atom stereocenters. The quantitative estimate of drug-likeness (QED) is 0.582. The molecule has 7 nitrogen and oxygen atoms in total. The first-order valence-corrected chi connectivity index (χ1v) is 10.3. The first-order chi connectivity index (χ1) is 12.5. The lowest BCUT2D eigenvalue weighted by molar-refractivity contribution is -0.121. The van der Waals surface area contributed by atoms with Crippen molar-refractivity contribution >= 4 is 15.9 Å². The molecule has 0 spiro atoms. The second-order valence-corrected chi connectivity index (χ2v) is 7.81. The predicted molar refractivity (Wildman–Crippen MR) is 100 cm³/mol. The van der Waals surface area contributed by atoms with Crippen LogP contribution in [0.2, 0.25) is 0 Å². The fourth-order valence-electron chi connectivity index (χ4n) is 2.41. The number of hydrogen-bond acceptors (Lipinski definition) is 4. The number of imidazole rings is 1. The Kier molecular flexibility index (Phi) is 7.80. The van der Waals surface area contributed by atoms with Crippen molar-refractivity contribution in [2.75, 3.05) is 13.1 Å².